The zero-order valence-electron chi connectivity index (χ0n) is 18.6. The SMILES string of the molecule is CCOC(=O)CC(NN(CCO)C(=O)c1ccc([N+](=O)[O-])cc1)[C]1[CH][CH][CH][CH]1.[CH]1[CH][CH][CH][CH]1.[Fe+2]. The number of non-ortho nitro benzene ring substituents is 1. The number of benzene rings is 1. The van der Waals surface area contributed by atoms with Gasteiger partial charge < -0.3 is 9.84 Å². The van der Waals surface area contributed by atoms with Crippen molar-refractivity contribution in [1.82, 2.24) is 10.4 Å². The summed E-state index contributed by atoms with van der Waals surface area (Å²) in [6, 6.07) is 4.61. The van der Waals surface area contributed by atoms with Gasteiger partial charge >= 0.3 is 23.0 Å². The van der Waals surface area contributed by atoms with E-state index < -0.39 is 22.8 Å². The van der Waals surface area contributed by atoms with Crippen LogP contribution in [0.1, 0.15) is 23.7 Å². The van der Waals surface area contributed by atoms with Crippen molar-refractivity contribution in [3.05, 3.63) is 104 Å². The molecule has 180 valence electrons. The maximum absolute atomic E-state index is 12.8. The van der Waals surface area contributed by atoms with Crippen LogP contribution in [0.2, 0.25) is 0 Å². The van der Waals surface area contributed by atoms with Crippen molar-refractivity contribution in [3.8, 4) is 0 Å². The third-order valence-corrected chi connectivity index (χ3v) is 4.53. The van der Waals surface area contributed by atoms with E-state index in [9.17, 15) is 24.8 Å². The summed E-state index contributed by atoms with van der Waals surface area (Å²) in [5, 5.41) is 21.3. The summed E-state index contributed by atoms with van der Waals surface area (Å²) in [5.41, 5.74) is 3.05. The van der Waals surface area contributed by atoms with Crippen LogP contribution >= 0.6 is 0 Å². The predicted molar refractivity (Wildman–Crippen MR) is 121 cm³/mol. The summed E-state index contributed by atoms with van der Waals surface area (Å²) >= 11 is 0. The number of carbonyl (C=O) groups is 2. The minimum atomic E-state index is -0.553. The van der Waals surface area contributed by atoms with Crippen molar-refractivity contribution in [3.63, 3.8) is 0 Å². The Labute approximate surface area is 212 Å². The number of rotatable bonds is 10. The first-order valence-electron chi connectivity index (χ1n) is 10.4. The number of amides is 1. The smallest absolute Gasteiger partial charge is 0.466 e. The van der Waals surface area contributed by atoms with Crippen molar-refractivity contribution in [1.29, 1.82) is 0 Å². The van der Waals surface area contributed by atoms with Gasteiger partial charge in [0.15, 0.2) is 0 Å². The number of ether oxygens (including phenoxy) is 1. The van der Waals surface area contributed by atoms with Gasteiger partial charge in [-0.15, -0.1) is 0 Å². The maximum Gasteiger partial charge on any atom is 2.00 e. The van der Waals surface area contributed by atoms with Crippen LogP contribution in [0, 0.1) is 73.8 Å². The minimum Gasteiger partial charge on any atom is -0.466 e. The molecule has 10 heteroatoms. The van der Waals surface area contributed by atoms with Gasteiger partial charge in [-0.2, -0.15) is 0 Å². The number of aliphatic hydroxyl groups is 1. The van der Waals surface area contributed by atoms with Crippen LogP contribution in [0.5, 0.6) is 0 Å². The van der Waals surface area contributed by atoms with Gasteiger partial charge in [0.1, 0.15) is 0 Å². The number of nitrogens with one attached hydrogen (secondary N) is 1. The van der Waals surface area contributed by atoms with Crippen LogP contribution in [0.4, 0.5) is 5.69 Å². The normalized spacial score (nSPS) is 16.1. The molecule has 2 aliphatic rings. The van der Waals surface area contributed by atoms with Gasteiger partial charge in [-0.05, 0) is 76.8 Å². The van der Waals surface area contributed by atoms with Crippen molar-refractivity contribution >= 4 is 17.6 Å². The molecule has 2 N–H and O–H groups in total. The summed E-state index contributed by atoms with van der Waals surface area (Å²) in [7, 11) is 0. The number of aliphatic hydroxyl groups excluding tert-OH is 1. The quantitative estimate of drug-likeness (QED) is 0.215. The molecule has 34 heavy (non-hydrogen) atoms. The Balaban J connectivity index is 0.000000851. The monoisotopic (exact) mass is 509 g/mol. The van der Waals surface area contributed by atoms with E-state index in [2.05, 4.69) is 5.43 Å². The number of esters is 1. The molecule has 1 amide bonds. The molecule has 10 radical (unpaired) electrons. The first kappa shape index (κ1) is 30.0. The molecule has 1 unspecified atom stereocenters. The fraction of sp³-hybridized carbons (Fsp3) is 0.250. The van der Waals surface area contributed by atoms with E-state index >= 15 is 0 Å². The molecule has 1 aromatic carbocycles. The molecule has 2 saturated carbocycles. The second-order valence-electron chi connectivity index (χ2n) is 6.86. The van der Waals surface area contributed by atoms with Gasteiger partial charge in [0.25, 0.3) is 11.6 Å². The number of nitrogens with zero attached hydrogens (tertiary/aromatic N) is 2. The Kier molecular flexibility index (Phi) is 14.7. The second-order valence-corrected chi connectivity index (χ2v) is 6.86. The molecule has 0 saturated heterocycles. The zero-order valence-corrected chi connectivity index (χ0v) is 19.8. The molecule has 0 spiro atoms. The summed E-state index contributed by atoms with van der Waals surface area (Å²) < 4.78 is 5.00. The van der Waals surface area contributed by atoms with E-state index in [1.165, 1.54) is 29.3 Å². The Morgan fingerprint density at radius 2 is 1.62 bits per heavy atom. The predicted octanol–water partition coefficient (Wildman–Crippen LogP) is 2.28. The summed E-state index contributed by atoms with van der Waals surface area (Å²) in [6.07, 6.45) is 17.2. The van der Waals surface area contributed by atoms with Crippen LogP contribution in [-0.4, -0.2) is 52.7 Å². The molecule has 1 atom stereocenters. The summed E-state index contributed by atoms with van der Waals surface area (Å²) in [6.45, 7) is 1.61. The molecular weight excluding hydrogens is 482 g/mol. The Bertz CT molecular complexity index is 744. The third-order valence-electron chi connectivity index (χ3n) is 4.53. The van der Waals surface area contributed by atoms with Crippen molar-refractivity contribution in [2.45, 2.75) is 19.4 Å². The van der Waals surface area contributed by atoms with Gasteiger partial charge in [-0.3, -0.25) is 24.7 Å². The van der Waals surface area contributed by atoms with Crippen molar-refractivity contribution in [2.75, 3.05) is 19.8 Å². The Morgan fingerprint density at radius 1 is 1.06 bits per heavy atom. The Hall–Kier alpha value is -2.00. The molecule has 0 heterocycles. The first-order valence-corrected chi connectivity index (χ1v) is 10.4. The van der Waals surface area contributed by atoms with E-state index in [-0.39, 0.29) is 54.5 Å². The molecule has 3 rings (SSSR count). The van der Waals surface area contributed by atoms with Gasteiger partial charge in [-0.25, -0.2) is 5.43 Å². The van der Waals surface area contributed by atoms with Crippen LogP contribution in [0.3, 0.4) is 0 Å². The van der Waals surface area contributed by atoms with Crippen LogP contribution in [0.15, 0.2) is 24.3 Å². The number of hydrazine groups is 1. The van der Waals surface area contributed by atoms with Gasteiger partial charge in [0.05, 0.1) is 31.1 Å². The average molecular weight is 509 g/mol. The second kappa shape index (κ2) is 16.6. The largest absolute Gasteiger partial charge is 2.00 e. The van der Waals surface area contributed by atoms with Crippen molar-refractivity contribution < 1.29 is 41.4 Å². The van der Waals surface area contributed by atoms with E-state index in [4.69, 9.17) is 4.74 Å². The fourth-order valence-electron chi connectivity index (χ4n) is 2.96. The number of hydrogen-bond donors (Lipinski definition) is 2. The molecule has 9 nitrogen and oxygen atoms in total. The molecule has 2 fully saturated rings. The van der Waals surface area contributed by atoms with Gasteiger partial charge in [0, 0.05) is 29.7 Å². The zero-order chi connectivity index (χ0) is 24.1. The minimum absolute atomic E-state index is 0. The topological polar surface area (TPSA) is 122 Å². The van der Waals surface area contributed by atoms with Gasteiger partial charge in [0.2, 0.25) is 0 Å². The van der Waals surface area contributed by atoms with E-state index in [0.29, 0.717) is 0 Å². The fourth-order valence-corrected chi connectivity index (χ4v) is 2.96. The number of hydrogen-bond acceptors (Lipinski definition) is 7. The first-order chi connectivity index (χ1) is 16.0. The molecular formula is C24H27FeN3O6+2. The molecule has 0 bridgehead atoms. The molecule has 2 aliphatic carbocycles. The van der Waals surface area contributed by atoms with Crippen LogP contribution in [0.25, 0.3) is 0 Å². The summed E-state index contributed by atoms with van der Waals surface area (Å²) in [4.78, 5) is 35.0. The molecule has 0 aromatic heterocycles. The number of nitro benzene ring substituents is 1. The van der Waals surface area contributed by atoms with Crippen molar-refractivity contribution in [2.24, 2.45) is 0 Å². The maximum atomic E-state index is 12.8. The van der Waals surface area contributed by atoms with E-state index in [0.717, 1.165) is 5.92 Å². The van der Waals surface area contributed by atoms with E-state index in [1.807, 2.05) is 57.8 Å². The standard InChI is InChI=1S/C19H22N3O6.C5H5.Fe/c1-2-28-18(24)13-17(14-5-3-4-6-14)20-21(11-12-23)19(25)15-7-9-16(10-8-15)22(26)27;1-2-4-5-3-1;/h3-10,17,20,23H,2,11-13H2,1H3;1-5H;/q;;+2. The molecule has 0 aliphatic heterocycles. The van der Waals surface area contributed by atoms with Gasteiger partial charge in [-0.1, -0.05) is 0 Å². The van der Waals surface area contributed by atoms with E-state index in [1.54, 1.807) is 6.92 Å². The Morgan fingerprint density at radius 3 is 2.09 bits per heavy atom. The third kappa shape index (κ3) is 10.1. The number of carbonyl (C=O) groups excluding carboxylic acids is 2. The number of nitro groups is 1. The summed E-state index contributed by atoms with van der Waals surface area (Å²) in [5.74, 6) is -0.121. The van der Waals surface area contributed by atoms with Crippen LogP contribution < -0.4 is 5.43 Å². The average Bonchev–Trinajstić information content (AvgIpc) is 3.55. The van der Waals surface area contributed by atoms with Crippen LogP contribution in [-0.2, 0) is 26.6 Å². The molecule has 1 aromatic rings.